The smallest absolute Gasteiger partial charge is 0.333 e. The van der Waals surface area contributed by atoms with E-state index in [-0.39, 0.29) is 0 Å². The largest absolute Gasteiger partial charge is 0.490 e. The number of carboxylic acid groups (broad SMARTS) is 1. The molecule has 0 saturated carbocycles. The molecule has 0 aliphatic heterocycles. The Morgan fingerprint density at radius 1 is 1.09 bits per heavy atom. The number of ether oxygens (including phenoxy) is 3. The number of aryl methyl sites for hydroxylation is 3. The van der Waals surface area contributed by atoms with Gasteiger partial charge < -0.3 is 19.3 Å². The van der Waals surface area contributed by atoms with Gasteiger partial charge in [0.05, 0.1) is 5.69 Å². The standard InChI is InChI=1S/C24H32N4O5/c1-5-8-18-21-22(28(4)27-18)23(26-20(6-2)25-21)33-14-13-32-17-11-9-16(10-12-17)15-19(24(29)30)31-7-3/h9-12,19H,5-8,13-15H2,1-4H3,(H,29,30). The minimum atomic E-state index is -0.963. The SMILES string of the molecule is CCCc1nn(C)c2c(OCCOc3ccc(CC(OCC)C(=O)O)cc3)nc(CC)nc12. The Morgan fingerprint density at radius 3 is 2.45 bits per heavy atom. The van der Waals surface area contributed by atoms with Crippen molar-refractivity contribution in [1.82, 2.24) is 19.7 Å². The van der Waals surface area contributed by atoms with Crippen LogP contribution in [0.1, 0.15) is 44.3 Å². The van der Waals surface area contributed by atoms with Crippen LogP contribution in [0.2, 0.25) is 0 Å². The van der Waals surface area contributed by atoms with Crippen LogP contribution in [0, 0.1) is 0 Å². The molecule has 0 aliphatic carbocycles. The summed E-state index contributed by atoms with van der Waals surface area (Å²) in [7, 11) is 1.88. The van der Waals surface area contributed by atoms with E-state index in [4.69, 9.17) is 14.2 Å². The van der Waals surface area contributed by atoms with Crippen LogP contribution >= 0.6 is 0 Å². The van der Waals surface area contributed by atoms with Crippen LogP contribution < -0.4 is 9.47 Å². The van der Waals surface area contributed by atoms with Crippen molar-refractivity contribution in [3.8, 4) is 11.6 Å². The minimum absolute atomic E-state index is 0.306. The maximum atomic E-state index is 11.3. The summed E-state index contributed by atoms with van der Waals surface area (Å²) in [6, 6.07) is 7.32. The van der Waals surface area contributed by atoms with Crippen molar-refractivity contribution in [1.29, 1.82) is 0 Å². The molecule has 0 spiro atoms. The molecule has 178 valence electrons. The summed E-state index contributed by atoms with van der Waals surface area (Å²) < 4.78 is 18.8. The number of aromatic nitrogens is 4. The van der Waals surface area contributed by atoms with Gasteiger partial charge in [0.2, 0.25) is 5.88 Å². The van der Waals surface area contributed by atoms with Crippen molar-refractivity contribution in [2.75, 3.05) is 19.8 Å². The lowest BCUT2D eigenvalue weighted by Crippen LogP contribution is -2.26. The Balaban J connectivity index is 1.60. The zero-order chi connectivity index (χ0) is 23.8. The van der Waals surface area contributed by atoms with E-state index in [0.717, 1.165) is 41.0 Å². The van der Waals surface area contributed by atoms with Crippen LogP contribution in [-0.2, 0) is 35.8 Å². The van der Waals surface area contributed by atoms with Crippen LogP contribution in [0.5, 0.6) is 11.6 Å². The average molecular weight is 457 g/mol. The second-order valence-corrected chi connectivity index (χ2v) is 7.64. The predicted molar refractivity (Wildman–Crippen MR) is 124 cm³/mol. The Hall–Kier alpha value is -3.20. The van der Waals surface area contributed by atoms with Crippen LogP contribution in [0.25, 0.3) is 11.0 Å². The molecule has 1 unspecified atom stereocenters. The molecule has 3 rings (SSSR count). The topological polar surface area (TPSA) is 109 Å². The molecule has 0 saturated heterocycles. The first-order chi connectivity index (χ1) is 16.0. The van der Waals surface area contributed by atoms with Gasteiger partial charge in [0, 0.05) is 26.5 Å². The monoisotopic (exact) mass is 456 g/mol. The normalized spacial score (nSPS) is 12.1. The van der Waals surface area contributed by atoms with Crippen LogP contribution in [0.15, 0.2) is 24.3 Å². The first-order valence-corrected chi connectivity index (χ1v) is 11.4. The number of benzene rings is 1. The van der Waals surface area contributed by atoms with E-state index in [0.29, 0.717) is 44.3 Å². The highest BCUT2D eigenvalue weighted by molar-refractivity contribution is 5.82. The maximum Gasteiger partial charge on any atom is 0.333 e. The first-order valence-electron chi connectivity index (χ1n) is 11.4. The molecule has 0 aliphatic rings. The van der Waals surface area contributed by atoms with Gasteiger partial charge in [-0.2, -0.15) is 10.1 Å². The van der Waals surface area contributed by atoms with E-state index in [1.54, 1.807) is 11.6 Å². The third kappa shape index (κ3) is 6.19. The van der Waals surface area contributed by atoms with Gasteiger partial charge in [-0.25, -0.2) is 9.78 Å². The molecule has 33 heavy (non-hydrogen) atoms. The molecule has 1 atom stereocenters. The summed E-state index contributed by atoms with van der Waals surface area (Å²) >= 11 is 0. The minimum Gasteiger partial charge on any atom is -0.490 e. The highest BCUT2D eigenvalue weighted by Gasteiger charge is 2.19. The van der Waals surface area contributed by atoms with E-state index in [2.05, 4.69) is 22.0 Å². The highest BCUT2D eigenvalue weighted by Crippen LogP contribution is 2.26. The summed E-state index contributed by atoms with van der Waals surface area (Å²) in [6.07, 6.45) is 2.01. The van der Waals surface area contributed by atoms with Gasteiger partial charge in [0.15, 0.2) is 6.10 Å². The van der Waals surface area contributed by atoms with Crippen molar-refractivity contribution < 1.29 is 24.1 Å². The molecule has 0 radical (unpaired) electrons. The lowest BCUT2D eigenvalue weighted by molar-refractivity contribution is -0.149. The Labute approximate surface area is 193 Å². The van der Waals surface area contributed by atoms with E-state index >= 15 is 0 Å². The van der Waals surface area contributed by atoms with Crippen molar-refractivity contribution in [3.63, 3.8) is 0 Å². The third-order valence-electron chi connectivity index (χ3n) is 5.15. The fraction of sp³-hybridized carbons (Fsp3) is 0.500. The van der Waals surface area contributed by atoms with Crippen LogP contribution in [0.4, 0.5) is 0 Å². The van der Waals surface area contributed by atoms with Crippen LogP contribution in [0.3, 0.4) is 0 Å². The second-order valence-electron chi connectivity index (χ2n) is 7.64. The van der Waals surface area contributed by atoms with Gasteiger partial charge in [0.1, 0.15) is 35.8 Å². The molecule has 0 bridgehead atoms. The van der Waals surface area contributed by atoms with E-state index < -0.39 is 12.1 Å². The van der Waals surface area contributed by atoms with Gasteiger partial charge in [0.25, 0.3) is 0 Å². The van der Waals surface area contributed by atoms with E-state index in [1.807, 2.05) is 38.2 Å². The lowest BCUT2D eigenvalue weighted by Gasteiger charge is -2.13. The van der Waals surface area contributed by atoms with Gasteiger partial charge in [-0.1, -0.05) is 32.4 Å². The highest BCUT2D eigenvalue weighted by atomic mass is 16.5. The number of fused-ring (bicyclic) bond motifs is 1. The third-order valence-corrected chi connectivity index (χ3v) is 5.15. The Morgan fingerprint density at radius 2 is 1.82 bits per heavy atom. The Bertz CT molecular complexity index is 1060. The fourth-order valence-corrected chi connectivity index (χ4v) is 3.57. The molecule has 2 aromatic heterocycles. The van der Waals surface area contributed by atoms with Gasteiger partial charge in [-0.05, 0) is 31.0 Å². The fourth-order valence-electron chi connectivity index (χ4n) is 3.57. The zero-order valence-corrected chi connectivity index (χ0v) is 19.7. The number of hydrogen-bond acceptors (Lipinski definition) is 7. The molecule has 9 nitrogen and oxygen atoms in total. The Kier molecular flexibility index (Phi) is 8.59. The number of carbonyl (C=O) groups is 1. The zero-order valence-electron chi connectivity index (χ0n) is 19.7. The lowest BCUT2D eigenvalue weighted by atomic mass is 10.1. The van der Waals surface area contributed by atoms with Crippen molar-refractivity contribution >= 4 is 17.0 Å². The molecule has 3 aromatic rings. The molecule has 1 N–H and O–H groups in total. The quantitative estimate of drug-likeness (QED) is 0.390. The predicted octanol–water partition coefficient (Wildman–Crippen LogP) is 3.37. The van der Waals surface area contributed by atoms with E-state index in [1.165, 1.54) is 0 Å². The van der Waals surface area contributed by atoms with Gasteiger partial charge in [-0.15, -0.1) is 0 Å². The summed E-state index contributed by atoms with van der Waals surface area (Å²) in [5.74, 6) is 0.961. The summed E-state index contributed by atoms with van der Waals surface area (Å²) in [5, 5.41) is 13.8. The molecular formula is C24H32N4O5. The van der Waals surface area contributed by atoms with Crippen molar-refractivity contribution in [3.05, 3.63) is 41.3 Å². The van der Waals surface area contributed by atoms with Crippen molar-refractivity contribution in [2.24, 2.45) is 7.05 Å². The molecule has 0 amide bonds. The number of rotatable bonds is 13. The molecule has 9 heteroatoms. The van der Waals surface area contributed by atoms with Crippen LogP contribution in [-0.4, -0.2) is 56.7 Å². The molecule has 1 aromatic carbocycles. The van der Waals surface area contributed by atoms with Crippen molar-refractivity contribution in [2.45, 2.75) is 52.6 Å². The number of hydrogen-bond donors (Lipinski definition) is 1. The van der Waals surface area contributed by atoms with E-state index in [9.17, 15) is 9.90 Å². The first kappa shape index (κ1) is 24.4. The summed E-state index contributed by atoms with van der Waals surface area (Å²) in [5.41, 5.74) is 3.48. The number of aliphatic carboxylic acids is 1. The summed E-state index contributed by atoms with van der Waals surface area (Å²) in [6.45, 7) is 6.92. The molecule has 2 heterocycles. The summed E-state index contributed by atoms with van der Waals surface area (Å²) in [4.78, 5) is 20.5. The number of nitrogens with zero attached hydrogens (tertiary/aromatic N) is 4. The second kappa shape index (κ2) is 11.6. The molecular weight excluding hydrogens is 424 g/mol. The van der Waals surface area contributed by atoms with Gasteiger partial charge >= 0.3 is 5.97 Å². The average Bonchev–Trinajstić information content (AvgIpc) is 3.12. The maximum absolute atomic E-state index is 11.3. The number of carboxylic acids is 1. The molecule has 0 fully saturated rings. The van der Waals surface area contributed by atoms with Gasteiger partial charge in [-0.3, -0.25) is 4.68 Å².